The highest BCUT2D eigenvalue weighted by Crippen LogP contribution is 2.39. The molecule has 4 rings (SSSR count). The van der Waals surface area contributed by atoms with E-state index in [-0.39, 0.29) is 5.54 Å². The van der Waals surface area contributed by atoms with Gasteiger partial charge in [0.1, 0.15) is 6.54 Å². The van der Waals surface area contributed by atoms with Gasteiger partial charge < -0.3 is 9.47 Å². The Morgan fingerprint density at radius 2 is 1.62 bits per heavy atom. The van der Waals surface area contributed by atoms with E-state index in [0.717, 1.165) is 35.9 Å². The van der Waals surface area contributed by atoms with E-state index in [0.29, 0.717) is 0 Å². The van der Waals surface area contributed by atoms with E-state index >= 15 is 0 Å². The maximum atomic E-state index is 5.55. The Bertz CT molecular complexity index is 1070. The van der Waals surface area contributed by atoms with Gasteiger partial charge in [0, 0.05) is 11.5 Å². The van der Waals surface area contributed by atoms with Gasteiger partial charge in [-0.15, -0.1) is 4.68 Å². The van der Waals surface area contributed by atoms with Crippen LogP contribution in [0, 0.1) is 20.8 Å². The number of fused-ring (bicyclic) bond motifs is 3. The minimum absolute atomic E-state index is 0.0719. The Kier molecular flexibility index (Phi) is 4.64. The van der Waals surface area contributed by atoms with Crippen LogP contribution in [-0.2, 0) is 18.5 Å². The maximum absolute atomic E-state index is 5.55. The van der Waals surface area contributed by atoms with Crippen molar-refractivity contribution >= 4 is 0 Å². The second kappa shape index (κ2) is 6.90. The Morgan fingerprint density at radius 3 is 2.24 bits per heavy atom. The lowest BCUT2D eigenvalue weighted by atomic mass is 9.87. The molecule has 29 heavy (non-hydrogen) atoms. The number of hydrogen-bond donors (Lipinski definition) is 0. The summed E-state index contributed by atoms with van der Waals surface area (Å²) in [6.07, 6.45) is 3.06. The SMILES string of the molecule is COc1cc2c(cc1OC)-c1nn(Cc3c(C)cc(C)cc3C)c[n+]1C(C)(C)C2. The van der Waals surface area contributed by atoms with Gasteiger partial charge in [-0.3, -0.25) is 0 Å². The van der Waals surface area contributed by atoms with Gasteiger partial charge >= 0.3 is 5.82 Å². The summed E-state index contributed by atoms with van der Waals surface area (Å²) in [7, 11) is 3.35. The molecule has 0 fully saturated rings. The van der Waals surface area contributed by atoms with Gasteiger partial charge in [0.2, 0.25) is 6.33 Å². The van der Waals surface area contributed by atoms with E-state index in [1.807, 2.05) is 0 Å². The Hall–Kier alpha value is -2.82. The molecule has 1 aliphatic rings. The van der Waals surface area contributed by atoms with Crippen LogP contribution < -0.4 is 14.0 Å². The molecule has 5 heteroatoms. The number of rotatable bonds is 4. The molecule has 1 aromatic heterocycles. The van der Waals surface area contributed by atoms with Crippen molar-refractivity contribution in [1.29, 1.82) is 0 Å². The molecule has 1 aliphatic heterocycles. The summed E-state index contributed by atoms with van der Waals surface area (Å²) in [6, 6.07) is 8.63. The summed E-state index contributed by atoms with van der Waals surface area (Å²) in [5.41, 5.74) is 7.53. The van der Waals surface area contributed by atoms with Gasteiger partial charge in [-0.2, -0.15) is 0 Å². The smallest absolute Gasteiger partial charge is 0.309 e. The predicted molar refractivity (Wildman–Crippen MR) is 114 cm³/mol. The lowest BCUT2D eigenvalue weighted by Crippen LogP contribution is -2.56. The summed E-state index contributed by atoms with van der Waals surface area (Å²) in [4.78, 5) is 0. The van der Waals surface area contributed by atoms with Crippen molar-refractivity contribution in [3.8, 4) is 22.9 Å². The number of aryl methyl sites for hydroxylation is 3. The highest BCUT2D eigenvalue weighted by atomic mass is 16.5. The third kappa shape index (κ3) is 3.28. The van der Waals surface area contributed by atoms with Gasteiger partial charge in [0.15, 0.2) is 11.5 Å². The Balaban J connectivity index is 1.82. The molecule has 5 nitrogen and oxygen atoms in total. The van der Waals surface area contributed by atoms with Crippen molar-refractivity contribution in [2.75, 3.05) is 14.2 Å². The molecule has 3 aromatic rings. The van der Waals surface area contributed by atoms with Crippen LogP contribution in [0.2, 0.25) is 0 Å². The van der Waals surface area contributed by atoms with Crippen molar-refractivity contribution < 1.29 is 14.0 Å². The number of ether oxygens (including phenoxy) is 2. The van der Waals surface area contributed by atoms with E-state index in [4.69, 9.17) is 14.6 Å². The summed E-state index contributed by atoms with van der Waals surface area (Å²) < 4.78 is 15.4. The van der Waals surface area contributed by atoms with E-state index in [1.54, 1.807) is 14.2 Å². The molecule has 0 atom stereocenters. The summed E-state index contributed by atoms with van der Waals surface area (Å²) in [5, 5.41) is 5.00. The number of benzene rings is 2. The molecular formula is C24H30N3O2+. The molecule has 152 valence electrons. The zero-order valence-corrected chi connectivity index (χ0v) is 18.5. The van der Waals surface area contributed by atoms with Crippen LogP contribution in [0.15, 0.2) is 30.6 Å². The number of hydrogen-bond acceptors (Lipinski definition) is 3. The van der Waals surface area contributed by atoms with Gasteiger partial charge in [-0.05, 0) is 69.0 Å². The Labute approximate surface area is 172 Å². The fourth-order valence-corrected chi connectivity index (χ4v) is 4.53. The van der Waals surface area contributed by atoms with Crippen LogP contribution in [0.1, 0.15) is 41.7 Å². The number of nitrogens with zero attached hydrogens (tertiary/aromatic N) is 3. The average molecular weight is 393 g/mol. The van der Waals surface area contributed by atoms with Crippen LogP contribution in [0.3, 0.4) is 0 Å². The highest BCUT2D eigenvalue weighted by Gasteiger charge is 2.39. The zero-order valence-electron chi connectivity index (χ0n) is 18.5. The molecule has 0 bridgehead atoms. The first kappa shape index (κ1) is 19.5. The normalized spacial score (nSPS) is 14.3. The molecule has 0 N–H and O–H groups in total. The minimum atomic E-state index is -0.0719. The van der Waals surface area contributed by atoms with Crippen molar-refractivity contribution in [3.05, 3.63) is 58.4 Å². The lowest BCUT2D eigenvalue weighted by Gasteiger charge is -2.29. The first-order chi connectivity index (χ1) is 13.7. The fraction of sp³-hybridized carbons (Fsp3) is 0.417. The summed E-state index contributed by atoms with van der Waals surface area (Å²) in [6.45, 7) is 11.8. The lowest BCUT2D eigenvalue weighted by molar-refractivity contribution is -0.750. The monoisotopic (exact) mass is 392 g/mol. The van der Waals surface area contributed by atoms with Gasteiger partial charge in [-0.25, -0.2) is 4.57 Å². The molecule has 0 radical (unpaired) electrons. The van der Waals surface area contributed by atoms with E-state index < -0.39 is 0 Å². The number of aromatic nitrogens is 3. The topological polar surface area (TPSA) is 40.2 Å². The average Bonchev–Trinajstić information content (AvgIpc) is 3.09. The molecule has 0 saturated heterocycles. The maximum Gasteiger partial charge on any atom is 0.309 e. The minimum Gasteiger partial charge on any atom is -0.493 e. The number of methoxy groups -OCH3 is 2. The standard InChI is InChI=1S/C24H30N3O2/c1-15-8-16(2)20(17(3)9-15)13-26-14-27-23(25-26)19-11-22(29-7)21(28-6)10-18(19)12-24(27,4)5/h8-11,14H,12-13H2,1-7H3/q+1. The molecule has 0 saturated carbocycles. The van der Waals surface area contributed by atoms with Gasteiger partial charge in [0.25, 0.3) is 0 Å². The molecule has 0 aliphatic carbocycles. The second-order valence-electron chi connectivity index (χ2n) is 8.74. The predicted octanol–water partition coefficient (Wildman–Crippen LogP) is 4.12. The summed E-state index contributed by atoms with van der Waals surface area (Å²) in [5.74, 6) is 2.47. The van der Waals surface area contributed by atoms with Crippen molar-refractivity contribution in [2.45, 2.75) is 53.1 Å². The first-order valence-electron chi connectivity index (χ1n) is 10.0. The quantitative estimate of drug-likeness (QED) is 0.627. The van der Waals surface area contributed by atoms with Crippen LogP contribution >= 0.6 is 0 Å². The van der Waals surface area contributed by atoms with Crippen LogP contribution in [0.25, 0.3) is 11.4 Å². The van der Waals surface area contributed by atoms with Crippen LogP contribution in [0.5, 0.6) is 11.5 Å². The van der Waals surface area contributed by atoms with E-state index in [1.165, 1.54) is 27.8 Å². The van der Waals surface area contributed by atoms with Gasteiger partial charge in [-0.1, -0.05) is 17.7 Å². The second-order valence-corrected chi connectivity index (χ2v) is 8.74. The molecular weight excluding hydrogens is 362 g/mol. The molecule has 0 amide bonds. The molecule has 2 aromatic carbocycles. The van der Waals surface area contributed by atoms with Crippen molar-refractivity contribution in [2.24, 2.45) is 0 Å². The molecule has 2 heterocycles. The van der Waals surface area contributed by atoms with E-state index in [2.05, 4.69) is 74.5 Å². The largest absolute Gasteiger partial charge is 0.493 e. The van der Waals surface area contributed by atoms with Gasteiger partial charge in [0.05, 0.1) is 25.3 Å². The molecule has 0 unspecified atom stereocenters. The third-order valence-corrected chi connectivity index (χ3v) is 5.99. The Morgan fingerprint density at radius 1 is 1.00 bits per heavy atom. The third-order valence-electron chi connectivity index (χ3n) is 5.99. The fourth-order valence-electron chi connectivity index (χ4n) is 4.53. The molecule has 0 spiro atoms. The first-order valence-corrected chi connectivity index (χ1v) is 10.0. The highest BCUT2D eigenvalue weighted by molar-refractivity contribution is 5.65. The van der Waals surface area contributed by atoms with Crippen LogP contribution in [-0.4, -0.2) is 24.0 Å². The van der Waals surface area contributed by atoms with Crippen LogP contribution in [0.4, 0.5) is 0 Å². The summed E-state index contributed by atoms with van der Waals surface area (Å²) >= 11 is 0. The van der Waals surface area contributed by atoms with E-state index in [9.17, 15) is 0 Å². The van der Waals surface area contributed by atoms with Crippen molar-refractivity contribution in [3.63, 3.8) is 0 Å². The van der Waals surface area contributed by atoms with Crippen molar-refractivity contribution in [1.82, 2.24) is 9.78 Å². The zero-order chi connectivity index (χ0) is 20.9.